The van der Waals surface area contributed by atoms with E-state index in [4.69, 9.17) is 5.73 Å². The molecular formula is C17H24N8O2S. The predicted octanol–water partition coefficient (Wildman–Crippen LogP) is 1.32. The number of nitrogens with zero attached hydrogens (tertiary/aromatic N) is 5. The normalized spacial score (nSPS) is 16.5. The second-order valence-electron chi connectivity index (χ2n) is 6.88. The van der Waals surface area contributed by atoms with Crippen LogP contribution in [0.3, 0.4) is 0 Å². The van der Waals surface area contributed by atoms with Crippen molar-refractivity contribution in [1.29, 1.82) is 0 Å². The molecule has 3 heterocycles. The number of anilines is 3. The van der Waals surface area contributed by atoms with Crippen LogP contribution >= 0.6 is 11.5 Å². The number of hydrogen-bond acceptors (Lipinski definition) is 8. The van der Waals surface area contributed by atoms with Gasteiger partial charge in [-0.3, -0.25) is 4.79 Å². The fourth-order valence-corrected chi connectivity index (χ4v) is 3.61. The van der Waals surface area contributed by atoms with Crippen LogP contribution in [0.4, 0.5) is 21.4 Å². The fraction of sp³-hybridized carbons (Fsp3) is 0.471. The first-order valence-electron chi connectivity index (χ1n) is 8.93. The summed E-state index contributed by atoms with van der Waals surface area (Å²) in [5, 5.41) is 6.85. The van der Waals surface area contributed by atoms with E-state index < -0.39 is 5.91 Å². The van der Waals surface area contributed by atoms with Gasteiger partial charge in [0.15, 0.2) is 11.5 Å². The van der Waals surface area contributed by atoms with Crippen LogP contribution in [-0.4, -0.2) is 64.4 Å². The Kier molecular flexibility index (Phi) is 5.93. The molecule has 0 saturated carbocycles. The van der Waals surface area contributed by atoms with Gasteiger partial charge in [0.2, 0.25) is 0 Å². The number of nitrogens with two attached hydrogens (primary N) is 1. The lowest BCUT2D eigenvalue weighted by atomic mass is 10.1. The monoisotopic (exact) mass is 404 g/mol. The summed E-state index contributed by atoms with van der Waals surface area (Å²) in [7, 11) is 3.42. The summed E-state index contributed by atoms with van der Waals surface area (Å²) in [6.45, 7) is 3.29. The van der Waals surface area contributed by atoms with Gasteiger partial charge in [-0.05, 0) is 37.4 Å². The van der Waals surface area contributed by atoms with Gasteiger partial charge >= 0.3 is 6.03 Å². The van der Waals surface area contributed by atoms with E-state index in [0.717, 1.165) is 30.1 Å². The second kappa shape index (κ2) is 8.38. The van der Waals surface area contributed by atoms with Crippen LogP contribution in [0.25, 0.3) is 0 Å². The Hall–Kier alpha value is -2.95. The highest BCUT2D eigenvalue weighted by atomic mass is 32.1. The molecule has 2 aromatic heterocycles. The number of aryl methyl sites for hydroxylation is 1. The standard InChI is InChI=1S/C17H24N8O2S/c1-10-7-13(28-23-10)22-16-14(15(18)26)19-8-12(21-16)25-6-4-5-11(9-25)20-17(27)24(2)3/h7-8,11H,4-6,9H2,1-3H3,(H2,18,26)(H,20,27)(H,21,22)/t11-/m1/s1. The molecule has 4 N–H and O–H groups in total. The van der Waals surface area contributed by atoms with Crippen molar-refractivity contribution in [2.75, 3.05) is 37.4 Å². The lowest BCUT2D eigenvalue weighted by molar-refractivity contribution is 0.0996. The number of rotatable bonds is 5. The lowest BCUT2D eigenvalue weighted by Crippen LogP contribution is -2.50. The third kappa shape index (κ3) is 4.66. The molecule has 0 radical (unpaired) electrons. The van der Waals surface area contributed by atoms with E-state index in [1.54, 1.807) is 20.3 Å². The average molecular weight is 405 g/mol. The molecule has 0 bridgehead atoms. The quantitative estimate of drug-likeness (QED) is 0.685. The Labute approximate surface area is 167 Å². The molecule has 28 heavy (non-hydrogen) atoms. The topological polar surface area (TPSA) is 129 Å². The van der Waals surface area contributed by atoms with E-state index in [1.807, 2.05) is 17.9 Å². The summed E-state index contributed by atoms with van der Waals surface area (Å²) in [5.41, 5.74) is 6.39. The molecule has 3 rings (SSSR count). The summed E-state index contributed by atoms with van der Waals surface area (Å²) in [5.74, 6) is 0.267. The number of urea groups is 1. The van der Waals surface area contributed by atoms with Crippen LogP contribution in [0.5, 0.6) is 0 Å². The van der Waals surface area contributed by atoms with Crippen molar-refractivity contribution >= 4 is 40.1 Å². The van der Waals surface area contributed by atoms with Gasteiger partial charge in [0, 0.05) is 33.2 Å². The molecule has 11 heteroatoms. The molecule has 3 amide bonds. The van der Waals surface area contributed by atoms with Crippen molar-refractivity contribution in [2.45, 2.75) is 25.8 Å². The number of carbonyl (C=O) groups excluding carboxylic acids is 2. The molecule has 0 unspecified atom stereocenters. The van der Waals surface area contributed by atoms with Crippen LogP contribution in [0.2, 0.25) is 0 Å². The smallest absolute Gasteiger partial charge is 0.317 e. The molecule has 10 nitrogen and oxygen atoms in total. The van der Waals surface area contributed by atoms with Crippen LogP contribution in [0.15, 0.2) is 12.3 Å². The predicted molar refractivity (Wildman–Crippen MR) is 108 cm³/mol. The first kappa shape index (κ1) is 19.8. The van der Waals surface area contributed by atoms with Crippen molar-refractivity contribution in [3.05, 3.63) is 23.7 Å². The van der Waals surface area contributed by atoms with Gasteiger partial charge in [0.05, 0.1) is 11.9 Å². The molecule has 2 aromatic rings. The third-order valence-electron chi connectivity index (χ3n) is 4.34. The average Bonchev–Trinajstić information content (AvgIpc) is 3.06. The number of carbonyl (C=O) groups is 2. The van der Waals surface area contributed by atoms with E-state index in [9.17, 15) is 9.59 Å². The van der Waals surface area contributed by atoms with E-state index in [1.165, 1.54) is 16.4 Å². The molecular weight excluding hydrogens is 380 g/mol. The minimum absolute atomic E-state index is 0.0156. The molecule has 0 aliphatic carbocycles. The molecule has 1 aliphatic heterocycles. The van der Waals surface area contributed by atoms with Crippen molar-refractivity contribution in [1.82, 2.24) is 24.6 Å². The number of nitrogens with one attached hydrogen (secondary N) is 2. The maximum absolute atomic E-state index is 11.9. The second-order valence-corrected chi connectivity index (χ2v) is 7.68. The largest absolute Gasteiger partial charge is 0.364 e. The molecule has 0 aromatic carbocycles. The maximum atomic E-state index is 11.9. The molecule has 0 spiro atoms. The highest BCUT2D eigenvalue weighted by molar-refractivity contribution is 7.10. The van der Waals surface area contributed by atoms with Gasteiger partial charge in [0.25, 0.3) is 5.91 Å². The highest BCUT2D eigenvalue weighted by Gasteiger charge is 2.24. The van der Waals surface area contributed by atoms with Crippen molar-refractivity contribution in [2.24, 2.45) is 5.73 Å². The summed E-state index contributed by atoms with van der Waals surface area (Å²) >= 11 is 1.27. The van der Waals surface area contributed by atoms with Crippen molar-refractivity contribution in [3.8, 4) is 0 Å². The van der Waals surface area contributed by atoms with Crippen LogP contribution in [0.1, 0.15) is 29.0 Å². The van der Waals surface area contributed by atoms with Gasteiger partial charge < -0.3 is 26.2 Å². The lowest BCUT2D eigenvalue weighted by Gasteiger charge is -2.34. The van der Waals surface area contributed by atoms with E-state index in [0.29, 0.717) is 18.2 Å². The Morgan fingerprint density at radius 2 is 2.18 bits per heavy atom. The molecule has 1 atom stereocenters. The van der Waals surface area contributed by atoms with Gasteiger partial charge in [0.1, 0.15) is 10.8 Å². The molecule has 1 saturated heterocycles. The summed E-state index contributed by atoms with van der Waals surface area (Å²) in [4.78, 5) is 36.0. The minimum atomic E-state index is -0.655. The maximum Gasteiger partial charge on any atom is 0.317 e. The number of primary amides is 1. The Morgan fingerprint density at radius 3 is 2.82 bits per heavy atom. The summed E-state index contributed by atoms with van der Waals surface area (Å²) in [6, 6.07) is 1.75. The number of piperidine rings is 1. The molecule has 150 valence electrons. The number of aromatic nitrogens is 3. The summed E-state index contributed by atoms with van der Waals surface area (Å²) in [6.07, 6.45) is 3.35. The SMILES string of the molecule is Cc1cc(Nc2nc(N3CCC[C@@H](NC(=O)N(C)C)C3)cnc2C(N)=O)sn1. The summed E-state index contributed by atoms with van der Waals surface area (Å²) < 4.78 is 4.21. The fourth-order valence-electron chi connectivity index (χ4n) is 2.95. The van der Waals surface area contributed by atoms with E-state index in [2.05, 4.69) is 25.0 Å². The Bertz CT molecular complexity index is 869. The van der Waals surface area contributed by atoms with Crippen molar-refractivity contribution < 1.29 is 9.59 Å². The highest BCUT2D eigenvalue weighted by Crippen LogP contribution is 2.25. The van der Waals surface area contributed by atoms with Gasteiger partial charge in [-0.1, -0.05) is 0 Å². The number of hydrogen-bond donors (Lipinski definition) is 3. The zero-order chi connectivity index (χ0) is 20.3. The Morgan fingerprint density at radius 1 is 1.39 bits per heavy atom. The van der Waals surface area contributed by atoms with Crippen LogP contribution < -0.4 is 21.3 Å². The van der Waals surface area contributed by atoms with E-state index in [-0.39, 0.29) is 17.8 Å². The van der Waals surface area contributed by atoms with Gasteiger partial charge in [-0.15, -0.1) is 0 Å². The first-order chi connectivity index (χ1) is 13.3. The van der Waals surface area contributed by atoms with Gasteiger partial charge in [-0.2, -0.15) is 4.37 Å². The minimum Gasteiger partial charge on any atom is -0.364 e. The van der Waals surface area contributed by atoms with Gasteiger partial charge in [-0.25, -0.2) is 14.8 Å². The zero-order valence-corrected chi connectivity index (χ0v) is 16.9. The molecule has 1 aliphatic rings. The van der Waals surface area contributed by atoms with E-state index >= 15 is 0 Å². The number of amides is 3. The Balaban J connectivity index is 1.80. The van der Waals surface area contributed by atoms with Crippen molar-refractivity contribution in [3.63, 3.8) is 0 Å². The molecule has 1 fully saturated rings. The third-order valence-corrected chi connectivity index (χ3v) is 5.14. The van der Waals surface area contributed by atoms with Crippen LogP contribution in [0, 0.1) is 6.92 Å². The zero-order valence-electron chi connectivity index (χ0n) is 16.1. The van der Waals surface area contributed by atoms with Crippen LogP contribution in [-0.2, 0) is 0 Å². The first-order valence-corrected chi connectivity index (χ1v) is 9.70.